The molecule has 0 bridgehead atoms. The van der Waals surface area contributed by atoms with E-state index in [-0.39, 0.29) is 0 Å². The predicted molar refractivity (Wildman–Crippen MR) is 83.2 cm³/mol. The van der Waals surface area contributed by atoms with E-state index in [0.717, 1.165) is 23.6 Å². The molecule has 2 nitrogen and oxygen atoms in total. The van der Waals surface area contributed by atoms with Gasteiger partial charge >= 0.3 is 0 Å². The maximum Gasteiger partial charge on any atom is 0.118 e. The number of methoxy groups -OCH3 is 1. The summed E-state index contributed by atoms with van der Waals surface area (Å²) in [6.07, 6.45) is 9.71. The maximum absolute atomic E-state index is 5.22. The van der Waals surface area contributed by atoms with Crippen LogP contribution in [0.25, 0.3) is 0 Å². The normalized spacial score (nSPS) is 29.8. The molecule has 20 heavy (non-hydrogen) atoms. The molecule has 1 N–H and O–H groups in total. The van der Waals surface area contributed by atoms with Gasteiger partial charge in [0.15, 0.2) is 0 Å². The van der Waals surface area contributed by atoms with E-state index in [0.29, 0.717) is 0 Å². The summed E-state index contributed by atoms with van der Waals surface area (Å²) in [6, 6.07) is 9.32. The van der Waals surface area contributed by atoms with Gasteiger partial charge in [-0.05, 0) is 61.8 Å². The number of ether oxygens (including phenoxy) is 1. The quantitative estimate of drug-likeness (QED) is 0.901. The molecule has 1 aliphatic carbocycles. The summed E-state index contributed by atoms with van der Waals surface area (Å²) in [5.74, 6) is 2.90. The number of benzene rings is 1. The monoisotopic (exact) mass is 273 g/mol. The first-order chi connectivity index (χ1) is 9.86. The SMILES string of the molecule is COc1ccc(CCC2NCCC3CCCCC32)cc1. The molecule has 0 amide bonds. The molecule has 3 atom stereocenters. The summed E-state index contributed by atoms with van der Waals surface area (Å²) in [6.45, 7) is 1.23. The van der Waals surface area contributed by atoms with Crippen LogP contribution in [0.5, 0.6) is 5.75 Å². The van der Waals surface area contributed by atoms with E-state index < -0.39 is 0 Å². The van der Waals surface area contributed by atoms with Gasteiger partial charge in [0, 0.05) is 6.04 Å². The van der Waals surface area contributed by atoms with Gasteiger partial charge in [0.2, 0.25) is 0 Å². The molecule has 1 aromatic carbocycles. The van der Waals surface area contributed by atoms with Gasteiger partial charge in [0.1, 0.15) is 5.75 Å². The van der Waals surface area contributed by atoms with Crippen molar-refractivity contribution in [1.29, 1.82) is 0 Å². The summed E-state index contributed by atoms with van der Waals surface area (Å²) in [5, 5.41) is 3.79. The molecule has 3 rings (SSSR count). The fourth-order valence-electron chi connectivity index (χ4n) is 4.16. The second-order valence-corrected chi connectivity index (χ2v) is 6.44. The Hall–Kier alpha value is -1.02. The van der Waals surface area contributed by atoms with Crippen LogP contribution in [0, 0.1) is 11.8 Å². The number of aryl methyl sites for hydroxylation is 1. The van der Waals surface area contributed by atoms with Gasteiger partial charge in [-0.15, -0.1) is 0 Å². The Morgan fingerprint density at radius 3 is 2.70 bits per heavy atom. The highest BCUT2D eigenvalue weighted by molar-refractivity contribution is 5.27. The van der Waals surface area contributed by atoms with Gasteiger partial charge in [-0.1, -0.05) is 31.4 Å². The van der Waals surface area contributed by atoms with E-state index in [1.54, 1.807) is 7.11 Å². The minimum absolute atomic E-state index is 0.746. The van der Waals surface area contributed by atoms with Crippen molar-refractivity contribution in [3.8, 4) is 5.75 Å². The molecule has 2 aliphatic rings. The maximum atomic E-state index is 5.22. The minimum atomic E-state index is 0.746. The van der Waals surface area contributed by atoms with Crippen molar-refractivity contribution in [2.75, 3.05) is 13.7 Å². The van der Waals surface area contributed by atoms with Crippen LogP contribution < -0.4 is 10.1 Å². The van der Waals surface area contributed by atoms with Crippen molar-refractivity contribution >= 4 is 0 Å². The van der Waals surface area contributed by atoms with Gasteiger partial charge in [0.25, 0.3) is 0 Å². The first-order valence-electron chi connectivity index (χ1n) is 8.23. The summed E-state index contributed by atoms with van der Waals surface area (Å²) < 4.78 is 5.22. The van der Waals surface area contributed by atoms with E-state index in [9.17, 15) is 0 Å². The van der Waals surface area contributed by atoms with E-state index in [2.05, 4.69) is 29.6 Å². The fourth-order valence-corrected chi connectivity index (χ4v) is 4.16. The zero-order valence-electron chi connectivity index (χ0n) is 12.6. The van der Waals surface area contributed by atoms with E-state index >= 15 is 0 Å². The van der Waals surface area contributed by atoms with Gasteiger partial charge < -0.3 is 10.1 Å². The lowest BCUT2D eigenvalue weighted by atomic mass is 9.70. The number of rotatable bonds is 4. The fraction of sp³-hybridized carbons (Fsp3) is 0.667. The first-order valence-corrected chi connectivity index (χ1v) is 8.23. The highest BCUT2D eigenvalue weighted by Crippen LogP contribution is 2.37. The molecule has 1 aromatic rings. The van der Waals surface area contributed by atoms with Crippen LogP contribution in [0.2, 0.25) is 0 Å². The van der Waals surface area contributed by atoms with Gasteiger partial charge in [0.05, 0.1) is 7.11 Å². The predicted octanol–water partition coefficient (Wildman–Crippen LogP) is 3.80. The second-order valence-electron chi connectivity index (χ2n) is 6.44. The Balaban J connectivity index is 1.56. The summed E-state index contributed by atoms with van der Waals surface area (Å²) in [5.41, 5.74) is 1.44. The Morgan fingerprint density at radius 2 is 1.90 bits per heavy atom. The molecule has 0 spiro atoms. The number of hydrogen-bond donors (Lipinski definition) is 1. The average molecular weight is 273 g/mol. The molecule has 2 fully saturated rings. The van der Waals surface area contributed by atoms with Crippen LogP contribution in [0.1, 0.15) is 44.1 Å². The summed E-state index contributed by atoms with van der Waals surface area (Å²) in [7, 11) is 1.73. The van der Waals surface area contributed by atoms with E-state index in [1.165, 1.54) is 57.1 Å². The number of nitrogens with one attached hydrogen (secondary N) is 1. The molecular weight excluding hydrogens is 246 g/mol. The molecule has 3 unspecified atom stereocenters. The van der Waals surface area contributed by atoms with Crippen LogP contribution in [-0.2, 0) is 6.42 Å². The van der Waals surface area contributed by atoms with Crippen molar-refractivity contribution in [2.45, 2.75) is 51.0 Å². The van der Waals surface area contributed by atoms with Crippen LogP contribution >= 0.6 is 0 Å². The second kappa shape index (κ2) is 6.62. The molecule has 0 radical (unpaired) electrons. The molecule has 1 saturated heterocycles. The lowest BCUT2D eigenvalue weighted by Crippen LogP contribution is -2.47. The lowest BCUT2D eigenvalue weighted by Gasteiger charge is -2.42. The smallest absolute Gasteiger partial charge is 0.118 e. The number of fused-ring (bicyclic) bond motifs is 1. The average Bonchev–Trinajstić information content (AvgIpc) is 2.53. The lowest BCUT2D eigenvalue weighted by molar-refractivity contribution is 0.129. The Morgan fingerprint density at radius 1 is 1.10 bits per heavy atom. The highest BCUT2D eigenvalue weighted by atomic mass is 16.5. The van der Waals surface area contributed by atoms with Crippen LogP contribution in [0.15, 0.2) is 24.3 Å². The topological polar surface area (TPSA) is 21.3 Å². The Kier molecular flexibility index (Phi) is 4.62. The molecule has 110 valence electrons. The zero-order valence-corrected chi connectivity index (χ0v) is 12.6. The summed E-state index contributed by atoms with van der Waals surface area (Å²) >= 11 is 0. The van der Waals surface area contributed by atoms with Gasteiger partial charge in [-0.3, -0.25) is 0 Å². The molecule has 2 heteroatoms. The highest BCUT2D eigenvalue weighted by Gasteiger charge is 2.34. The summed E-state index contributed by atoms with van der Waals surface area (Å²) in [4.78, 5) is 0. The zero-order chi connectivity index (χ0) is 13.8. The molecular formula is C18H27NO. The number of hydrogen-bond acceptors (Lipinski definition) is 2. The molecule has 0 aromatic heterocycles. The van der Waals surface area contributed by atoms with E-state index in [1.807, 2.05) is 0 Å². The molecule has 1 aliphatic heterocycles. The third-order valence-electron chi connectivity index (χ3n) is 5.31. The van der Waals surface area contributed by atoms with Crippen LogP contribution in [0.4, 0.5) is 0 Å². The van der Waals surface area contributed by atoms with Crippen molar-refractivity contribution in [1.82, 2.24) is 5.32 Å². The van der Waals surface area contributed by atoms with Crippen LogP contribution in [-0.4, -0.2) is 19.7 Å². The molecule has 1 heterocycles. The van der Waals surface area contributed by atoms with Crippen molar-refractivity contribution in [3.63, 3.8) is 0 Å². The standard InChI is InChI=1S/C18H27NO/c1-20-16-9-6-14(7-10-16)8-11-18-17-5-3-2-4-15(17)12-13-19-18/h6-7,9-10,15,17-19H,2-5,8,11-13H2,1H3. The largest absolute Gasteiger partial charge is 0.497 e. The third kappa shape index (κ3) is 3.17. The third-order valence-corrected chi connectivity index (χ3v) is 5.31. The van der Waals surface area contributed by atoms with Crippen molar-refractivity contribution in [2.24, 2.45) is 11.8 Å². The van der Waals surface area contributed by atoms with Crippen molar-refractivity contribution < 1.29 is 4.74 Å². The van der Waals surface area contributed by atoms with Gasteiger partial charge in [-0.2, -0.15) is 0 Å². The van der Waals surface area contributed by atoms with Crippen molar-refractivity contribution in [3.05, 3.63) is 29.8 Å². The molecule has 1 saturated carbocycles. The minimum Gasteiger partial charge on any atom is -0.497 e. The first kappa shape index (κ1) is 13.9. The Bertz CT molecular complexity index is 412. The van der Waals surface area contributed by atoms with Gasteiger partial charge in [-0.25, -0.2) is 0 Å². The van der Waals surface area contributed by atoms with Crippen LogP contribution in [0.3, 0.4) is 0 Å². The number of piperidine rings is 1. The Labute approximate surface area is 122 Å². The van der Waals surface area contributed by atoms with E-state index in [4.69, 9.17) is 4.74 Å².